The van der Waals surface area contributed by atoms with Gasteiger partial charge < -0.3 is 10.3 Å². The Morgan fingerprint density at radius 1 is 1.45 bits per heavy atom. The van der Waals surface area contributed by atoms with E-state index in [1.807, 2.05) is 14.1 Å². The molecule has 112 valence electrons. The lowest BCUT2D eigenvalue weighted by molar-refractivity contribution is 0.263. The molecule has 1 saturated heterocycles. The van der Waals surface area contributed by atoms with Gasteiger partial charge in [-0.3, -0.25) is 10.8 Å². The predicted molar refractivity (Wildman–Crippen MR) is 77.4 cm³/mol. The maximum absolute atomic E-state index is 12.7. The van der Waals surface area contributed by atoms with Crippen LogP contribution in [0.5, 0.6) is 0 Å². The number of hydrogen-bond acceptors (Lipinski definition) is 6. The van der Waals surface area contributed by atoms with Crippen molar-refractivity contribution in [3.05, 3.63) is 18.5 Å². The first-order valence-electron chi connectivity index (χ1n) is 6.45. The summed E-state index contributed by atoms with van der Waals surface area (Å²) in [6, 6.07) is 1.77. The minimum Gasteiger partial charge on any atom is -0.323 e. The van der Waals surface area contributed by atoms with Gasteiger partial charge in [0.25, 0.3) is 0 Å². The Morgan fingerprint density at radius 3 is 2.70 bits per heavy atom. The summed E-state index contributed by atoms with van der Waals surface area (Å²) in [5, 5.41) is 0. The van der Waals surface area contributed by atoms with E-state index in [4.69, 9.17) is 5.84 Å². The third kappa shape index (κ3) is 2.64. The minimum absolute atomic E-state index is 0.120. The molecular weight excluding hydrogens is 278 g/mol. The van der Waals surface area contributed by atoms with Gasteiger partial charge in [0.1, 0.15) is 4.90 Å². The molecule has 2 rings (SSSR count). The third-order valence-corrected chi connectivity index (χ3v) is 5.62. The zero-order valence-corrected chi connectivity index (χ0v) is 12.8. The SMILES string of the molecule is CC1CN(S(=O)(=O)c2cnccc2NN)CC1N(C)C. The third-order valence-electron chi connectivity index (χ3n) is 3.76. The fourth-order valence-electron chi connectivity index (χ4n) is 2.62. The van der Waals surface area contributed by atoms with Crippen LogP contribution in [0.3, 0.4) is 0 Å². The lowest BCUT2D eigenvalue weighted by atomic mass is 10.1. The van der Waals surface area contributed by atoms with Crippen LogP contribution in [-0.2, 0) is 10.0 Å². The summed E-state index contributed by atoms with van der Waals surface area (Å²) < 4.78 is 26.9. The Bertz CT molecular complexity index is 575. The van der Waals surface area contributed by atoms with Gasteiger partial charge in [0.2, 0.25) is 10.0 Å². The average Bonchev–Trinajstić information content (AvgIpc) is 2.81. The van der Waals surface area contributed by atoms with E-state index < -0.39 is 10.0 Å². The molecular formula is C12H21N5O2S. The number of anilines is 1. The number of sulfonamides is 1. The van der Waals surface area contributed by atoms with Gasteiger partial charge in [-0.2, -0.15) is 4.31 Å². The fraction of sp³-hybridized carbons (Fsp3) is 0.583. The monoisotopic (exact) mass is 299 g/mol. The lowest BCUT2D eigenvalue weighted by Gasteiger charge is -2.22. The van der Waals surface area contributed by atoms with Crippen molar-refractivity contribution < 1.29 is 8.42 Å². The maximum atomic E-state index is 12.7. The Morgan fingerprint density at radius 2 is 2.15 bits per heavy atom. The Balaban J connectivity index is 2.33. The molecule has 1 fully saturated rings. The molecule has 7 nitrogen and oxygen atoms in total. The number of pyridine rings is 1. The summed E-state index contributed by atoms with van der Waals surface area (Å²) >= 11 is 0. The molecule has 0 saturated carbocycles. The summed E-state index contributed by atoms with van der Waals surface area (Å²) in [5.74, 6) is 5.66. The first kappa shape index (κ1) is 15.2. The molecule has 0 radical (unpaired) electrons. The first-order valence-corrected chi connectivity index (χ1v) is 7.89. The van der Waals surface area contributed by atoms with Gasteiger partial charge in [-0.25, -0.2) is 8.42 Å². The maximum Gasteiger partial charge on any atom is 0.246 e. The van der Waals surface area contributed by atoms with Crippen LogP contribution >= 0.6 is 0 Å². The van der Waals surface area contributed by atoms with Gasteiger partial charge in [-0.15, -0.1) is 0 Å². The van der Waals surface area contributed by atoms with Crippen LogP contribution in [0.2, 0.25) is 0 Å². The zero-order valence-electron chi connectivity index (χ0n) is 11.9. The fourth-order valence-corrected chi connectivity index (χ4v) is 4.28. The highest BCUT2D eigenvalue weighted by molar-refractivity contribution is 7.89. The topological polar surface area (TPSA) is 91.6 Å². The number of nitrogens with zero attached hydrogens (tertiary/aromatic N) is 3. The molecule has 1 aromatic heterocycles. The van der Waals surface area contributed by atoms with Gasteiger partial charge in [0, 0.05) is 31.5 Å². The van der Waals surface area contributed by atoms with Gasteiger partial charge >= 0.3 is 0 Å². The van der Waals surface area contributed by atoms with Crippen LogP contribution < -0.4 is 11.3 Å². The van der Waals surface area contributed by atoms with Crippen molar-refractivity contribution in [1.82, 2.24) is 14.2 Å². The standard InChI is InChI=1S/C12H21N5O2S/c1-9-7-17(8-11(9)16(2)3)20(18,19)12-6-14-5-4-10(12)15-13/h4-6,9,11H,7-8,13H2,1-3H3,(H,14,15). The molecule has 1 aliphatic heterocycles. The summed E-state index contributed by atoms with van der Waals surface area (Å²) in [6.07, 6.45) is 2.83. The van der Waals surface area contributed by atoms with Crippen molar-refractivity contribution in [1.29, 1.82) is 0 Å². The molecule has 2 unspecified atom stereocenters. The van der Waals surface area contributed by atoms with Gasteiger partial charge in [0.15, 0.2) is 0 Å². The summed E-state index contributed by atoms with van der Waals surface area (Å²) in [6.45, 7) is 3.05. The molecule has 0 aliphatic carbocycles. The minimum atomic E-state index is -3.58. The summed E-state index contributed by atoms with van der Waals surface area (Å²) in [4.78, 5) is 6.07. The van der Waals surface area contributed by atoms with E-state index in [9.17, 15) is 8.42 Å². The predicted octanol–water partition coefficient (Wildman–Crippen LogP) is -0.0622. The smallest absolute Gasteiger partial charge is 0.246 e. The number of nitrogen functional groups attached to an aromatic ring is 1. The van der Waals surface area contributed by atoms with Gasteiger partial charge in [0.05, 0.1) is 5.69 Å². The molecule has 0 spiro atoms. The number of likely N-dealkylation sites (N-methyl/N-ethyl adjacent to an activating group) is 1. The number of nitrogens with two attached hydrogens (primary N) is 1. The van der Waals surface area contributed by atoms with E-state index in [-0.39, 0.29) is 16.9 Å². The normalized spacial score (nSPS) is 24.2. The number of nitrogens with one attached hydrogen (secondary N) is 1. The Labute approximate surface area is 119 Å². The van der Waals surface area contributed by atoms with Crippen LogP contribution in [0.1, 0.15) is 6.92 Å². The van der Waals surface area contributed by atoms with E-state index in [0.29, 0.717) is 18.8 Å². The number of hydrogen-bond donors (Lipinski definition) is 2. The van der Waals surface area contributed by atoms with E-state index in [0.717, 1.165) is 0 Å². The van der Waals surface area contributed by atoms with Crippen LogP contribution in [-0.4, -0.2) is 55.8 Å². The van der Waals surface area contributed by atoms with E-state index in [1.54, 1.807) is 6.07 Å². The molecule has 0 aromatic carbocycles. The Hall–Kier alpha value is -1.22. The van der Waals surface area contributed by atoms with Crippen LogP contribution in [0, 0.1) is 5.92 Å². The lowest BCUT2D eigenvalue weighted by Crippen LogP contribution is -2.36. The molecule has 0 bridgehead atoms. The molecule has 2 atom stereocenters. The molecule has 20 heavy (non-hydrogen) atoms. The van der Waals surface area contributed by atoms with E-state index in [1.165, 1.54) is 16.7 Å². The largest absolute Gasteiger partial charge is 0.323 e. The summed E-state index contributed by atoms with van der Waals surface area (Å²) in [7, 11) is 0.354. The number of hydrazine groups is 1. The molecule has 2 heterocycles. The van der Waals surface area contributed by atoms with Crippen LogP contribution in [0.25, 0.3) is 0 Å². The quantitative estimate of drug-likeness (QED) is 0.598. The highest BCUT2D eigenvalue weighted by Gasteiger charge is 2.38. The van der Waals surface area contributed by atoms with Crippen molar-refractivity contribution >= 4 is 15.7 Å². The average molecular weight is 299 g/mol. The Kier molecular flexibility index (Phi) is 4.28. The zero-order chi connectivity index (χ0) is 14.9. The van der Waals surface area contributed by atoms with Crippen molar-refractivity contribution in [2.45, 2.75) is 17.9 Å². The number of rotatable bonds is 4. The molecule has 1 aliphatic rings. The second kappa shape index (κ2) is 5.65. The molecule has 3 N–H and O–H groups in total. The molecule has 8 heteroatoms. The first-order chi connectivity index (χ1) is 9.37. The summed E-state index contributed by atoms with van der Waals surface area (Å²) in [5.41, 5.74) is 2.78. The van der Waals surface area contributed by atoms with Crippen molar-refractivity contribution in [3.63, 3.8) is 0 Å². The second-order valence-corrected chi connectivity index (χ2v) is 7.25. The second-order valence-electron chi connectivity index (χ2n) is 5.35. The van der Waals surface area contributed by atoms with E-state index >= 15 is 0 Å². The van der Waals surface area contributed by atoms with Gasteiger partial charge in [-0.1, -0.05) is 6.92 Å². The van der Waals surface area contributed by atoms with Gasteiger partial charge in [-0.05, 0) is 26.1 Å². The van der Waals surface area contributed by atoms with Crippen molar-refractivity contribution in [3.8, 4) is 0 Å². The van der Waals surface area contributed by atoms with Crippen LogP contribution in [0.15, 0.2) is 23.4 Å². The molecule has 1 aromatic rings. The van der Waals surface area contributed by atoms with Crippen LogP contribution in [0.4, 0.5) is 5.69 Å². The van der Waals surface area contributed by atoms with Crippen molar-refractivity contribution in [2.75, 3.05) is 32.6 Å². The van der Waals surface area contributed by atoms with E-state index in [2.05, 4.69) is 22.2 Å². The highest BCUT2D eigenvalue weighted by Crippen LogP contribution is 2.29. The number of aromatic nitrogens is 1. The molecule has 0 amide bonds. The highest BCUT2D eigenvalue weighted by atomic mass is 32.2. The van der Waals surface area contributed by atoms with Crippen molar-refractivity contribution in [2.24, 2.45) is 11.8 Å².